The molecule has 0 aliphatic rings. The Morgan fingerprint density at radius 2 is 1.64 bits per heavy atom. The molecular weight excluding hydrogens is 219 g/mol. The lowest BCUT2D eigenvalue weighted by Gasteiger charge is -2.09. The number of benzene rings is 1. The molecule has 1 rings (SSSR count). The Hall–Kier alpha value is -0.280. The Kier molecular flexibility index (Phi) is 10.7. The minimum atomic E-state index is 0. The molecule has 0 heterocycles. The maximum absolute atomic E-state index is 5.84. The average Bonchev–Trinajstić information content (AvgIpc) is 2.06. The molecule has 2 nitrogen and oxygen atoms in total. The molecule has 4 N–H and O–H groups in total. The molecule has 4 heteroatoms. The fourth-order valence-electron chi connectivity index (χ4n) is 1.23. The molecule has 0 spiro atoms. The predicted molar refractivity (Wildman–Crippen MR) is 66.3 cm³/mol. The standard InChI is InChI=1S/C10H16N2.2ClH/c11-7-6-10(12)8-9-4-2-1-3-5-9;;/h1-5,10H,6-8,11-12H2;2*1H. The molecule has 0 radical (unpaired) electrons. The lowest BCUT2D eigenvalue weighted by Crippen LogP contribution is -2.25. The van der Waals surface area contributed by atoms with Crippen molar-refractivity contribution in [2.24, 2.45) is 11.5 Å². The van der Waals surface area contributed by atoms with Gasteiger partial charge in [-0.1, -0.05) is 30.3 Å². The van der Waals surface area contributed by atoms with Crippen molar-refractivity contribution in [3.63, 3.8) is 0 Å². The Bertz CT molecular complexity index is 217. The summed E-state index contributed by atoms with van der Waals surface area (Å²) in [4.78, 5) is 0. The Morgan fingerprint density at radius 1 is 1.07 bits per heavy atom. The molecule has 1 atom stereocenters. The van der Waals surface area contributed by atoms with Gasteiger partial charge in [0.15, 0.2) is 0 Å². The molecule has 0 aliphatic heterocycles. The van der Waals surface area contributed by atoms with Crippen LogP contribution >= 0.6 is 24.8 Å². The fourth-order valence-corrected chi connectivity index (χ4v) is 1.23. The Morgan fingerprint density at radius 3 is 2.14 bits per heavy atom. The second-order valence-electron chi connectivity index (χ2n) is 3.03. The number of rotatable bonds is 4. The molecule has 14 heavy (non-hydrogen) atoms. The highest BCUT2D eigenvalue weighted by molar-refractivity contribution is 5.85. The van der Waals surface area contributed by atoms with Crippen molar-refractivity contribution in [1.82, 2.24) is 0 Å². The van der Waals surface area contributed by atoms with Crippen LogP contribution < -0.4 is 11.5 Å². The highest BCUT2D eigenvalue weighted by atomic mass is 35.5. The molecule has 0 bridgehead atoms. The Balaban J connectivity index is 0. The van der Waals surface area contributed by atoms with E-state index in [0.29, 0.717) is 6.54 Å². The minimum Gasteiger partial charge on any atom is -0.330 e. The first-order valence-electron chi connectivity index (χ1n) is 4.32. The van der Waals surface area contributed by atoms with Crippen molar-refractivity contribution in [2.45, 2.75) is 18.9 Å². The largest absolute Gasteiger partial charge is 0.330 e. The van der Waals surface area contributed by atoms with Gasteiger partial charge < -0.3 is 11.5 Å². The van der Waals surface area contributed by atoms with E-state index >= 15 is 0 Å². The molecule has 0 aliphatic carbocycles. The molecule has 0 saturated heterocycles. The van der Waals surface area contributed by atoms with Gasteiger partial charge in [-0.05, 0) is 24.9 Å². The van der Waals surface area contributed by atoms with E-state index in [1.165, 1.54) is 5.56 Å². The van der Waals surface area contributed by atoms with Crippen molar-refractivity contribution in [2.75, 3.05) is 6.54 Å². The maximum Gasteiger partial charge on any atom is 0.00913 e. The summed E-state index contributed by atoms with van der Waals surface area (Å²) in [5, 5.41) is 0. The van der Waals surface area contributed by atoms with Crippen LogP contribution in [-0.4, -0.2) is 12.6 Å². The van der Waals surface area contributed by atoms with E-state index in [2.05, 4.69) is 12.1 Å². The van der Waals surface area contributed by atoms with Gasteiger partial charge in [-0.15, -0.1) is 24.8 Å². The summed E-state index contributed by atoms with van der Waals surface area (Å²) in [5.74, 6) is 0. The van der Waals surface area contributed by atoms with E-state index in [4.69, 9.17) is 11.5 Å². The summed E-state index contributed by atoms with van der Waals surface area (Å²) >= 11 is 0. The Labute approximate surface area is 97.9 Å². The third kappa shape index (κ3) is 6.22. The predicted octanol–water partition coefficient (Wildman–Crippen LogP) is 1.75. The first-order valence-corrected chi connectivity index (χ1v) is 4.32. The van der Waals surface area contributed by atoms with Crippen LogP contribution in [0.15, 0.2) is 30.3 Å². The quantitative estimate of drug-likeness (QED) is 0.838. The van der Waals surface area contributed by atoms with Gasteiger partial charge in [0.05, 0.1) is 0 Å². The number of hydrogen-bond acceptors (Lipinski definition) is 2. The first-order chi connectivity index (χ1) is 5.83. The van der Waals surface area contributed by atoms with Crippen molar-refractivity contribution < 1.29 is 0 Å². The van der Waals surface area contributed by atoms with E-state index in [0.717, 1.165) is 12.8 Å². The van der Waals surface area contributed by atoms with Gasteiger partial charge in [-0.2, -0.15) is 0 Å². The van der Waals surface area contributed by atoms with Gasteiger partial charge in [0.1, 0.15) is 0 Å². The maximum atomic E-state index is 5.84. The lowest BCUT2D eigenvalue weighted by atomic mass is 10.0. The van der Waals surface area contributed by atoms with E-state index in [1.807, 2.05) is 18.2 Å². The molecule has 82 valence electrons. The molecule has 1 aromatic rings. The summed E-state index contributed by atoms with van der Waals surface area (Å²) in [6, 6.07) is 10.5. The van der Waals surface area contributed by atoms with Crippen LogP contribution in [0.5, 0.6) is 0 Å². The van der Waals surface area contributed by atoms with Crippen molar-refractivity contribution in [1.29, 1.82) is 0 Å². The summed E-state index contributed by atoms with van der Waals surface area (Å²) in [6.45, 7) is 0.675. The first kappa shape index (κ1) is 16.2. The highest BCUT2D eigenvalue weighted by Gasteiger charge is 2.01. The van der Waals surface area contributed by atoms with Crippen LogP contribution in [0.25, 0.3) is 0 Å². The van der Waals surface area contributed by atoms with E-state index in [-0.39, 0.29) is 30.9 Å². The second kappa shape index (κ2) is 9.28. The topological polar surface area (TPSA) is 52.0 Å². The van der Waals surface area contributed by atoms with Crippen LogP contribution in [-0.2, 0) is 6.42 Å². The van der Waals surface area contributed by atoms with Gasteiger partial charge in [0.2, 0.25) is 0 Å². The summed E-state index contributed by atoms with van der Waals surface area (Å²) < 4.78 is 0. The number of halogens is 2. The zero-order valence-corrected chi connectivity index (χ0v) is 9.69. The van der Waals surface area contributed by atoms with Crippen molar-refractivity contribution in [3.05, 3.63) is 35.9 Å². The van der Waals surface area contributed by atoms with Gasteiger partial charge in [-0.25, -0.2) is 0 Å². The van der Waals surface area contributed by atoms with Crippen LogP contribution in [0.3, 0.4) is 0 Å². The average molecular weight is 237 g/mol. The molecule has 0 saturated carbocycles. The molecular formula is C10H18Cl2N2. The summed E-state index contributed by atoms with van der Waals surface area (Å²) in [5.41, 5.74) is 12.5. The van der Waals surface area contributed by atoms with Crippen molar-refractivity contribution >= 4 is 24.8 Å². The van der Waals surface area contributed by atoms with Gasteiger partial charge in [-0.3, -0.25) is 0 Å². The number of hydrogen-bond donors (Lipinski definition) is 2. The van der Waals surface area contributed by atoms with Gasteiger partial charge in [0, 0.05) is 6.04 Å². The molecule has 0 fully saturated rings. The molecule has 0 aromatic heterocycles. The SMILES string of the molecule is Cl.Cl.NCCC(N)Cc1ccccc1. The third-order valence-corrected chi connectivity index (χ3v) is 1.88. The van der Waals surface area contributed by atoms with Crippen LogP contribution in [0.1, 0.15) is 12.0 Å². The summed E-state index contributed by atoms with van der Waals surface area (Å²) in [7, 11) is 0. The van der Waals surface area contributed by atoms with Crippen LogP contribution in [0.2, 0.25) is 0 Å². The zero-order valence-electron chi connectivity index (χ0n) is 8.06. The second-order valence-corrected chi connectivity index (χ2v) is 3.03. The smallest absolute Gasteiger partial charge is 0.00913 e. The zero-order chi connectivity index (χ0) is 8.81. The third-order valence-electron chi connectivity index (χ3n) is 1.88. The van der Waals surface area contributed by atoms with Crippen LogP contribution in [0.4, 0.5) is 0 Å². The van der Waals surface area contributed by atoms with Gasteiger partial charge in [0.25, 0.3) is 0 Å². The molecule has 1 unspecified atom stereocenters. The monoisotopic (exact) mass is 236 g/mol. The lowest BCUT2D eigenvalue weighted by molar-refractivity contribution is 0.619. The normalized spacial score (nSPS) is 11.0. The van der Waals surface area contributed by atoms with E-state index < -0.39 is 0 Å². The minimum absolute atomic E-state index is 0. The van der Waals surface area contributed by atoms with Crippen LogP contribution in [0, 0.1) is 0 Å². The molecule has 1 aromatic carbocycles. The highest BCUT2D eigenvalue weighted by Crippen LogP contribution is 2.02. The fraction of sp³-hybridized carbons (Fsp3) is 0.400. The van der Waals surface area contributed by atoms with Gasteiger partial charge >= 0.3 is 0 Å². The van der Waals surface area contributed by atoms with E-state index in [1.54, 1.807) is 0 Å². The molecule has 0 amide bonds. The summed E-state index contributed by atoms with van der Waals surface area (Å²) in [6.07, 6.45) is 1.83. The van der Waals surface area contributed by atoms with E-state index in [9.17, 15) is 0 Å². The number of nitrogens with two attached hydrogens (primary N) is 2. The van der Waals surface area contributed by atoms with Crippen molar-refractivity contribution in [3.8, 4) is 0 Å².